The Morgan fingerprint density at radius 1 is 1.29 bits per heavy atom. The van der Waals surface area contributed by atoms with E-state index in [9.17, 15) is 9.59 Å². The van der Waals surface area contributed by atoms with Crippen molar-refractivity contribution in [3.63, 3.8) is 0 Å². The lowest BCUT2D eigenvalue weighted by atomic mass is 10.1. The van der Waals surface area contributed by atoms with Gasteiger partial charge >= 0.3 is 0 Å². The summed E-state index contributed by atoms with van der Waals surface area (Å²) in [6.45, 7) is 3.52. The minimum atomic E-state index is 0. The number of halogens is 1. The molecule has 2 amide bonds. The van der Waals surface area contributed by atoms with E-state index in [2.05, 4.69) is 6.92 Å². The first-order valence-corrected chi connectivity index (χ1v) is 8.48. The van der Waals surface area contributed by atoms with Crippen molar-refractivity contribution >= 4 is 29.9 Å². The molecule has 0 bridgehead atoms. The van der Waals surface area contributed by atoms with E-state index < -0.39 is 0 Å². The van der Waals surface area contributed by atoms with E-state index in [0.717, 1.165) is 30.5 Å². The van der Waals surface area contributed by atoms with Crippen LogP contribution in [0.2, 0.25) is 0 Å². The average Bonchev–Trinajstić information content (AvgIpc) is 2.86. The Balaban J connectivity index is 0.00000208. The van der Waals surface area contributed by atoms with Crippen LogP contribution in [0.25, 0.3) is 0 Å². The molecular weight excluding hydrogens is 326 g/mol. The first-order chi connectivity index (χ1) is 11.1. The van der Waals surface area contributed by atoms with Gasteiger partial charge in [-0.3, -0.25) is 9.59 Å². The maximum Gasteiger partial charge on any atom is 0.242 e. The van der Waals surface area contributed by atoms with Crippen molar-refractivity contribution in [3.8, 4) is 0 Å². The molecule has 0 aliphatic carbocycles. The summed E-state index contributed by atoms with van der Waals surface area (Å²) >= 11 is 0. The molecule has 5 nitrogen and oxygen atoms in total. The van der Waals surface area contributed by atoms with Gasteiger partial charge in [0.2, 0.25) is 11.8 Å². The minimum Gasteiger partial charge on any atom is -0.338 e. The molecule has 0 saturated carbocycles. The number of para-hydroxylation sites is 1. The van der Waals surface area contributed by atoms with Crippen LogP contribution in [0.1, 0.15) is 31.7 Å². The average molecular weight is 352 g/mol. The second-order valence-electron chi connectivity index (χ2n) is 6.69. The Kier molecular flexibility index (Phi) is 6.24. The molecule has 3 rings (SSSR count). The number of nitrogens with two attached hydrogens (primary N) is 1. The van der Waals surface area contributed by atoms with Crippen LogP contribution < -0.4 is 10.6 Å². The summed E-state index contributed by atoms with van der Waals surface area (Å²) in [5, 5.41) is 0. The lowest BCUT2D eigenvalue weighted by molar-refractivity contribution is -0.132. The number of hydrogen-bond acceptors (Lipinski definition) is 3. The molecule has 2 aliphatic rings. The molecule has 1 fully saturated rings. The van der Waals surface area contributed by atoms with E-state index in [1.54, 1.807) is 4.90 Å². The van der Waals surface area contributed by atoms with Gasteiger partial charge < -0.3 is 15.5 Å². The van der Waals surface area contributed by atoms with Crippen molar-refractivity contribution in [1.29, 1.82) is 0 Å². The Labute approximate surface area is 149 Å². The number of carbonyl (C=O) groups excluding carboxylic acids is 2. The van der Waals surface area contributed by atoms with Crippen LogP contribution in [0.5, 0.6) is 0 Å². The van der Waals surface area contributed by atoms with E-state index >= 15 is 0 Å². The number of carbonyl (C=O) groups is 2. The largest absolute Gasteiger partial charge is 0.338 e. The molecule has 132 valence electrons. The third kappa shape index (κ3) is 3.73. The van der Waals surface area contributed by atoms with Crippen molar-refractivity contribution in [3.05, 3.63) is 29.8 Å². The van der Waals surface area contributed by atoms with Crippen molar-refractivity contribution in [2.45, 2.75) is 38.6 Å². The van der Waals surface area contributed by atoms with Crippen LogP contribution in [0, 0.1) is 5.92 Å². The van der Waals surface area contributed by atoms with Gasteiger partial charge in [-0.2, -0.15) is 0 Å². The predicted molar refractivity (Wildman–Crippen MR) is 97.3 cm³/mol. The highest BCUT2D eigenvalue weighted by molar-refractivity contribution is 6.00. The number of likely N-dealkylation sites (tertiary alicyclic amines) is 1. The van der Waals surface area contributed by atoms with Gasteiger partial charge in [-0.25, -0.2) is 0 Å². The van der Waals surface area contributed by atoms with Gasteiger partial charge in [-0.15, -0.1) is 12.4 Å². The van der Waals surface area contributed by atoms with Crippen LogP contribution in [0.3, 0.4) is 0 Å². The molecule has 2 heterocycles. The van der Waals surface area contributed by atoms with Gasteiger partial charge in [0.15, 0.2) is 0 Å². The molecule has 24 heavy (non-hydrogen) atoms. The van der Waals surface area contributed by atoms with Crippen LogP contribution in [0.4, 0.5) is 5.69 Å². The van der Waals surface area contributed by atoms with Gasteiger partial charge in [0.1, 0.15) is 6.54 Å². The SMILES string of the molecule is CC1CC(CN)CN1C(=O)CN1C(=O)CCCc2ccccc21.Cl. The Bertz CT molecular complexity index is 608. The number of amides is 2. The number of aryl methyl sites for hydroxylation is 1. The summed E-state index contributed by atoms with van der Waals surface area (Å²) < 4.78 is 0. The third-order valence-corrected chi connectivity index (χ3v) is 5.03. The minimum absolute atomic E-state index is 0. The highest BCUT2D eigenvalue weighted by Crippen LogP contribution is 2.28. The molecule has 2 N–H and O–H groups in total. The van der Waals surface area contributed by atoms with E-state index in [4.69, 9.17) is 5.73 Å². The number of benzene rings is 1. The van der Waals surface area contributed by atoms with E-state index in [-0.39, 0.29) is 36.8 Å². The summed E-state index contributed by atoms with van der Waals surface area (Å²) in [6.07, 6.45) is 3.19. The van der Waals surface area contributed by atoms with Crippen molar-refractivity contribution in [2.24, 2.45) is 11.7 Å². The van der Waals surface area contributed by atoms with Crippen LogP contribution in [-0.4, -0.2) is 42.4 Å². The Morgan fingerprint density at radius 3 is 2.75 bits per heavy atom. The predicted octanol–water partition coefficient (Wildman–Crippen LogP) is 1.97. The van der Waals surface area contributed by atoms with Crippen molar-refractivity contribution in [1.82, 2.24) is 4.90 Å². The molecule has 2 unspecified atom stereocenters. The molecule has 1 aromatic rings. The number of rotatable bonds is 3. The third-order valence-electron chi connectivity index (χ3n) is 5.03. The molecule has 6 heteroatoms. The van der Waals surface area contributed by atoms with Crippen LogP contribution in [-0.2, 0) is 16.0 Å². The summed E-state index contributed by atoms with van der Waals surface area (Å²) in [7, 11) is 0. The number of anilines is 1. The summed E-state index contributed by atoms with van der Waals surface area (Å²) in [5.74, 6) is 0.449. The van der Waals surface area contributed by atoms with Gasteiger partial charge in [0, 0.05) is 24.7 Å². The van der Waals surface area contributed by atoms with Gasteiger partial charge in [0.25, 0.3) is 0 Å². The highest BCUT2D eigenvalue weighted by Gasteiger charge is 2.33. The zero-order valence-corrected chi connectivity index (χ0v) is 14.9. The van der Waals surface area contributed by atoms with Crippen LogP contribution >= 0.6 is 12.4 Å². The van der Waals surface area contributed by atoms with Crippen LogP contribution in [0.15, 0.2) is 24.3 Å². The molecule has 0 spiro atoms. The smallest absolute Gasteiger partial charge is 0.242 e. The standard InChI is InChI=1S/C18H25N3O2.ClH/c1-13-9-14(10-19)11-20(13)18(23)12-21-16-7-3-2-5-15(16)6-4-8-17(21)22;/h2-3,5,7,13-14H,4,6,8-12,19H2,1H3;1H. The second-order valence-corrected chi connectivity index (χ2v) is 6.69. The van der Waals surface area contributed by atoms with Gasteiger partial charge in [-0.05, 0) is 50.3 Å². The monoisotopic (exact) mass is 351 g/mol. The molecule has 1 aromatic carbocycles. The number of nitrogens with zero attached hydrogens (tertiary/aromatic N) is 2. The summed E-state index contributed by atoms with van der Waals surface area (Å²) in [5.41, 5.74) is 7.79. The van der Waals surface area contributed by atoms with E-state index in [1.807, 2.05) is 29.2 Å². The molecular formula is C18H26ClN3O2. The van der Waals surface area contributed by atoms with Gasteiger partial charge in [0.05, 0.1) is 0 Å². The first-order valence-electron chi connectivity index (χ1n) is 8.48. The molecule has 2 atom stereocenters. The fourth-order valence-electron chi connectivity index (χ4n) is 3.75. The Hall–Kier alpha value is -1.59. The van der Waals surface area contributed by atoms with Crippen molar-refractivity contribution < 1.29 is 9.59 Å². The fraction of sp³-hybridized carbons (Fsp3) is 0.556. The maximum absolute atomic E-state index is 12.7. The summed E-state index contributed by atoms with van der Waals surface area (Å²) in [4.78, 5) is 28.8. The molecule has 1 saturated heterocycles. The first kappa shape index (κ1) is 18.7. The van der Waals surface area contributed by atoms with Gasteiger partial charge in [-0.1, -0.05) is 18.2 Å². The zero-order chi connectivity index (χ0) is 16.4. The fourth-order valence-corrected chi connectivity index (χ4v) is 3.75. The summed E-state index contributed by atoms with van der Waals surface area (Å²) in [6, 6.07) is 8.12. The van der Waals surface area contributed by atoms with E-state index in [1.165, 1.54) is 0 Å². The molecule has 0 radical (unpaired) electrons. The van der Waals surface area contributed by atoms with E-state index in [0.29, 0.717) is 25.4 Å². The lowest BCUT2D eigenvalue weighted by Gasteiger charge is -2.27. The molecule has 2 aliphatic heterocycles. The topological polar surface area (TPSA) is 66.6 Å². The lowest BCUT2D eigenvalue weighted by Crippen LogP contribution is -2.44. The second kappa shape index (κ2) is 7.99. The van der Waals surface area contributed by atoms with Crippen molar-refractivity contribution in [2.75, 3.05) is 24.5 Å². The number of fused-ring (bicyclic) bond motifs is 1. The maximum atomic E-state index is 12.7. The Morgan fingerprint density at radius 2 is 2.04 bits per heavy atom. The molecule has 0 aromatic heterocycles. The number of hydrogen-bond donors (Lipinski definition) is 1. The highest BCUT2D eigenvalue weighted by atomic mass is 35.5. The quantitative estimate of drug-likeness (QED) is 0.905. The zero-order valence-electron chi connectivity index (χ0n) is 14.1. The normalized spacial score (nSPS) is 23.5.